The van der Waals surface area contributed by atoms with Gasteiger partial charge in [-0.25, -0.2) is 0 Å². The van der Waals surface area contributed by atoms with E-state index in [-0.39, 0.29) is 0 Å². The van der Waals surface area contributed by atoms with E-state index in [2.05, 4.69) is 161 Å². The summed E-state index contributed by atoms with van der Waals surface area (Å²) in [6, 6.07) is 56.4. The van der Waals surface area contributed by atoms with Crippen LogP contribution in [0.4, 0.5) is 0 Å². The van der Waals surface area contributed by atoms with Crippen molar-refractivity contribution in [3.63, 3.8) is 0 Å². The number of aromatic nitrogens is 2. The summed E-state index contributed by atoms with van der Waals surface area (Å²) in [4.78, 5) is 0. The number of hydrogen-bond acceptors (Lipinski definition) is 1. The molecule has 0 amide bonds. The van der Waals surface area contributed by atoms with E-state index < -0.39 is 0 Å². The fourth-order valence-corrected chi connectivity index (χ4v) is 7.50. The van der Waals surface area contributed by atoms with Crippen LogP contribution in [0, 0.1) is 0 Å². The van der Waals surface area contributed by atoms with Gasteiger partial charge < -0.3 is 13.6 Å². The first kappa shape index (κ1) is 24.4. The maximum atomic E-state index is 6.53. The van der Waals surface area contributed by atoms with E-state index in [0.717, 1.165) is 33.2 Å². The normalized spacial score (nSPS) is 12.0. The lowest BCUT2D eigenvalue weighted by atomic mass is 9.97. The van der Waals surface area contributed by atoms with Crippen LogP contribution in [0.1, 0.15) is 0 Å². The molecule has 0 radical (unpaired) electrons. The first-order valence-corrected chi connectivity index (χ1v) is 15.4. The average Bonchev–Trinajstić information content (AvgIpc) is 3.76. The van der Waals surface area contributed by atoms with Gasteiger partial charge in [-0.05, 0) is 54.1 Å². The van der Waals surface area contributed by atoms with Crippen LogP contribution in [0.2, 0.25) is 0 Å². The third-order valence-corrected chi connectivity index (χ3v) is 9.32. The van der Waals surface area contributed by atoms with E-state index in [1.807, 2.05) is 6.07 Å². The van der Waals surface area contributed by atoms with Gasteiger partial charge in [-0.1, -0.05) is 109 Å². The van der Waals surface area contributed by atoms with Crippen molar-refractivity contribution in [1.29, 1.82) is 0 Å². The fraction of sp³-hybridized carbons (Fsp3) is 0. The number of hydrogen-bond donors (Lipinski definition) is 0. The number of nitrogens with zero attached hydrogens (tertiary/aromatic N) is 2. The molecule has 3 heterocycles. The summed E-state index contributed by atoms with van der Waals surface area (Å²) in [5, 5.41) is 7.21. The van der Waals surface area contributed by atoms with Gasteiger partial charge in [0.1, 0.15) is 11.2 Å². The molecule has 10 aromatic rings. The van der Waals surface area contributed by atoms with Crippen LogP contribution in [0.5, 0.6) is 0 Å². The van der Waals surface area contributed by atoms with E-state index in [4.69, 9.17) is 4.42 Å². The highest BCUT2D eigenvalue weighted by molar-refractivity contribution is 6.21. The Morgan fingerprint density at radius 2 is 0.911 bits per heavy atom. The first-order valence-electron chi connectivity index (χ1n) is 15.4. The number of para-hydroxylation sites is 5. The molecule has 0 aliphatic carbocycles. The number of benzene rings is 7. The molecule has 3 aromatic heterocycles. The Hall–Kier alpha value is -6.06. The minimum atomic E-state index is 0.913. The lowest BCUT2D eigenvalue weighted by molar-refractivity contribution is 0.670. The largest absolute Gasteiger partial charge is 0.455 e. The Morgan fingerprint density at radius 3 is 1.73 bits per heavy atom. The molecule has 7 aromatic carbocycles. The van der Waals surface area contributed by atoms with Crippen LogP contribution < -0.4 is 0 Å². The molecule has 0 N–H and O–H groups in total. The van der Waals surface area contributed by atoms with Crippen LogP contribution in [0.15, 0.2) is 162 Å². The van der Waals surface area contributed by atoms with Gasteiger partial charge in [0.15, 0.2) is 0 Å². The Labute approximate surface area is 258 Å². The maximum absolute atomic E-state index is 6.53. The summed E-state index contributed by atoms with van der Waals surface area (Å²) in [5.41, 5.74) is 11.2. The Kier molecular flexibility index (Phi) is 5.00. The Balaban J connectivity index is 1.33. The first-order chi connectivity index (χ1) is 22.4. The summed E-state index contributed by atoms with van der Waals surface area (Å²) in [7, 11) is 0. The molecule has 0 unspecified atom stereocenters. The molecule has 0 saturated carbocycles. The quantitative estimate of drug-likeness (QED) is 0.206. The SMILES string of the molecule is c1ccc(-n2c3ccccc3c3c(-n4c5ccccc5c5c(-c6cccc7c6oc6ccccc67)cccc54)cccc32)cc1. The smallest absolute Gasteiger partial charge is 0.143 e. The van der Waals surface area contributed by atoms with Gasteiger partial charge in [0.05, 0.1) is 27.8 Å². The molecule has 10 rings (SSSR count). The van der Waals surface area contributed by atoms with Gasteiger partial charge in [0.25, 0.3) is 0 Å². The third kappa shape index (κ3) is 3.35. The highest BCUT2D eigenvalue weighted by atomic mass is 16.3. The van der Waals surface area contributed by atoms with E-state index >= 15 is 0 Å². The molecule has 0 spiro atoms. The lowest BCUT2D eigenvalue weighted by Crippen LogP contribution is -1.96. The summed E-state index contributed by atoms with van der Waals surface area (Å²) >= 11 is 0. The molecule has 0 saturated heterocycles. The zero-order valence-electron chi connectivity index (χ0n) is 24.3. The second kappa shape index (κ2) is 9.22. The molecule has 0 bridgehead atoms. The second-order valence-corrected chi connectivity index (χ2v) is 11.7. The molecule has 3 nitrogen and oxygen atoms in total. The van der Waals surface area contributed by atoms with Gasteiger partial charge in [0, 0.05) is 43.6 Å². The molecule has 0 aliphatic rings. The van der Waals surface area contributed by atoms with Crippen molar-refractivity contribution in [2.45, 2.75) is 0 Å². The van der Waals surface area contributed by atoms with Gasteiger partial charge in [-0.15, -0.1) is 0 Å². The molecule has 210 valence electrons. The molecular weight excluding hydrogens is 548 g/mol. The van der Waals surface area contributed by atoms with Crippen LogP contribution in [0.3, 0.4) is 0 Å². The predicted octanol–water partition coefficient (Wildman–Crippen LogP) is 11.4. The molecule has 45 heavy (non-hydrogen) atoms. The van der Waals surface area contributed by atoms with Crippen molar-refractivity contribution in [2.24, 2.45) is 0 Å². The van der Waals surface area contributed by atoms with Crippen molar-refractivity contribution in [2.75, 3.05) is 0 Å². The van der Waals surface area contributed by atoms with Gasteiger partial charge in [0.2, 0.25) is 0 Å². The summed E-state index contributed by atoms with van der Waals surface area (Å²) in [6.07, 6.45) is 0. The topological polar surface area (TPSA) is 23.0 Å². The molecule has 0 aliphatic heterocycles. The van der Waals surface area contributed by atoms with Crippen LogP contribution in [0.25, 0.3) is 88.1 Å². The van der Waals surface area contributed by atoms with Crippen molar-refractivity contribution >= 4 is 65.6 Å². The zero-order valence-corrected chi connectivity index (χ0v) is 24.3. The third-order valence-electron chi connectivity index (χ3n) is 9.32. The molecule has 3 heteroatoms. The molecule has 0 atom stereocenters. The summed E-state index contributed by atoms with van der Waals surface area (Å²) < 4.78 is 11.4. The minimum Gasteiger partial charge on any atom is -0.455 e. The van der Waals surface area contributed by atoms with E-state index in [9.17, 15) is 0 Å². The van der Waals surface area contributed by atoms with Crippen molar-refractivity contribution in [3.8, 4) is 22.5 Å². The van der Waals surface area contributed by atoms with Crippen molar-refractivity contribution < 1.29 is 4.42 Å². The standard InChI is InChI=1S/C42H26N2O/c1-2-13-27(14-3-1)43-34-21-7-5-17-33(34)41-37(43)24-12-25-38(41)44-35-22-8-4-16-32(35)40-29(18-11-23-36(40)44)31-20-10-19-30-28-15-6-9-26-39(28)45-42(30)31/h1-26H. The zero-order chi connectivity index (χ0) is 29.5. The van der Waals surface area contributed by atoms with Crippen molar-refractivity contribution in [3.05, 3.63) is 158 Å². The summed E-state index contributed by atoms with van der Waals surface area (Å²) in [6.45, 7) is 0. The highest BCUT2D eigenvalue weighted by Crippen LogP contribution is 2.44. The lowest BCUT2D eigenvalue weighted by Gasteiger charge is -2.12. The highest BCUT2D eigenvalue weighted by Gasteiger charge is 2.22. The molecular formula is C42H26N2O. The van der Waals surface area contributed by atoms with E-state index in [1.165, 1.54) is 54.9 Å². The second-order valence-electron chi connectivity index (χ2n) is 11.7. The van der Waals surface area contributed by atoms with Gasteiger partial charge >= 0.3 is 0 Å². The predicted molar refractivity (Wildman–Crippen MR) is 188 cm³/mol. The van der Waals surface area contributed by atoms with Crippen LogP contribution >= 0.6 is 0 Å². The van der Waals surface area contributed by atoms with Gasteiger partial charge in [-0.2, -0.15) is 0 Å². The monoisotopic (exact) mass is 574 g/mol. The Morgan fingerprint density at radius 1 is 0.356 bits per heavy atom. The number of rotatable bonds is 3. The minimum absolute atomic E-state index is 0.913. The maximum Gasteiger partial charge on any atom is 0.143 e. The Bertz CT molecular complexity index is 2760. The summed E-state index contributed by atoms with van der Waals surface area (Å²) in [5.74, 6) is 0. The fourth-order valence-electron chi connectivity index (χ4n) is 7.50. The average molecular weight is 575 g/mol. The van der Waals surface area contributed by atoms with Gasteiger partial charge in [-0.3, -0.25) is 0 Å². The van der Waals surface area contributed by atoms with E-state index in [0.29, 0.717) is 0 Å². The van der Waals surface area contributed by atoms with E-state index in [1.54, 1.807) is 0 Å². The number of furan rings is 1. The van der Waals surface area contributed by atoms with Crippen molar-refractivity contribution in [1.82, 2.24) is 9.13 Å². The van der Waals surface area contributed by atoms with Crippen LogP contribution in [-0.2, 0) is 0 Å². The number of fused-ring (bicyclic) bond motifs is 9. The van der Waals surface area contributed by atoms with Crippen LogP contribution in [-0.4, -0.2) is 9.13 Å². The molecule has 0 fully saturated rings.